The van der Waals surface area contributed by atoms with Crippen molar-refractivity contribution in [3.05, 3.63) is 59.9 Å². The molecule has 2 aromatic carbocycles. The van der Waals surface area contributed by atoms with Gasteiger partial charge in [-0.1, -0.05) is 38.5 Å². The molecule has 2 rings (SSSR count). The van der Waals surface area contributed by atoms with Gasteiger partial charge < -0.3 is 15.8 Å². The third kappa shape index (κ3) is 5.06. The fraction of sp³-hybridized carbons (Fsp3) is 0.316. The Balaban J connectivity index is 1.97. The maximum atomic E-state index is 13.1. The van der Waals surface area contributed by atoms with E-state index in [1.54, 1.807) is 18.2 Å². The molecule has 0 aromatic heterocycles. The van der Waals surface area contributed by atoms with Gasteiger partial charge in [0.15, 0.2) is 0 Å². The summed E-state index contributed by atoms with van der Waals surface area (Å²) in [5.74, 6) is 0.0350. The van der Waals surface area contributed by atoms with Gasteiger partial charge in [-0.2, -0.15) is 0 Å². The second-order valence-corrected chi connectivity index (χ2v) is 5.85. The molecule has 0 bridgehead atoms. The monoisotopic (exact) mass is 330 g/mol. The molecule has 0 fully saturated rings. The molecule has 0 saturated carbocycles. The van der Waals surface area contributed by atoms with Crippen molar-refractivity contribution in [3.63, 3.8) is 0 Å². The zero-order valence-electron chi connectivity index (χ0n) is 14.0. The zero-order valence-corrected chi connectivity index (χ0v) is 14.0. The molecule has 0 saturated heterocycles. The molecular formula is C19H23FN2O2. The number of nitrogens with two attached hydrogens (primary N) is 1. The second kappa shape index (κ2) is 8.45. The van der Waals surface area contributed by atoms with Crippen LogP contribution in [0.3, 0.4) is 0 Å². The Bertz CT molecular complexity index is 691. The molecule has 24 heavy (non-hydrogen) atoms. The Morgan fingerprint density at radius 2 is 2.00 bits per heavy atom. The Labute approximate surface area is 141 Å². The molecule has 4 nitrogen and oxygen atoms in total. The molecular weight excluding hydrogens is 307 g/mol. The quantitative estimate of drug-likeness (QED) is 0.813. The lowest BCUT2D eigenvalue weighted by Crippen LogP contribution is -2.40. The molecule has 3 N–H and O–H groups in total. The van der Waals surface area contributed by atoms with Crippen molar-refractivity contribution in [2.24, 2.45) is 11.7 Å². The number of benzene rings is 2. The number of amides is 1. The molecule has 2 aromatic rings. The zero-order chi connectivity index (χ0) is 17.5. The first-order valence-electron chi connectivity index (χ1n) is 8.03. The van der Waals surface area contributed by atoms with E-state index in [-0.39, 0.29) is 24.2 Å². The summed E-state index contributed by atoms with van der Waals surface area (Å²) in [5.41, 5.74) is 7.47. The lowest BCUT2D eigenvalue weighted by Gasteiger charge is -2.18. The molecule has 1 amide bonds. The van der Waals surface area contributed by atoms with Crippen LogP contribution >= 0.6 is 0 Å². The topological polar surface area (TPSA) is 64.4 Å². The minimum Gasteiger partial charge on any atom is -0.489 e. The van der Waals surface area contributed by atoms with Crippen LogP contribution in [-0.4, -0.2) is 11.9 Å². The molecule has 0 aliphatic heterocycles. The highest BCUT2D eigenvalue weighted by Crippen LogP contribution is 2.17. The van der Waals surface area contributed by atoms with Crippen molar-refractivity contribution in [1.82, 2.24) is 0 Å². The first-order valence-corrected chi connectivity index (χ1v) is 8.03. The molecule has 2 unspecified atom stereocenters. The minimum atomic E-state index is -0.540. The lowest BCUT2D eigenvalue weighted by atomic mass is 9.99. The Morgan fingerprint density at radius 1 is 1.25 bits per heavy atom. The van der Waals surface area contributed by atoms with Crippen molar-refractivity contribution >= 4 is 11.6 Å². The summed E-state index contributed by atoms with van der Waals surface area (Å²) in [6, 6.07) is 12.8. The highest BCUT2D eigenvalue weighted by Gasteiger charge is 2.19. The average Bonchev–Trinajstić information content (AvgIpc) is 2.59. The number of anilines is 1. The first-order chi connectivity index (χ1) is 11.5. The van der Waals surface area contributed by atoms with Gasteiger partial charge in [0.1, 0.15) is 18.2 Å². The molecule has 128 valence electrons. The molecule has 0 aliphatic carbocycles. The van der Waals surface area contributed by atoms with Gasteiger partial charge in [-0.05, 0) is 35.7 Å². The molecule has 5 heteroatoms. The maximum Gasteiger partial charge on any atom is 0.241 e. The molecule has 0 spiro atoms. The average molecular weight is 330 g/mol. The third-order valence-electron chi connectivity index (χ3n) is 3.96. The SMILES string of the molecule is CCC(C)C(N)C(=O)Nc1cccc(COc2cccc(F)c2)c1. The molecule has 0 radical (unpaired) electrons. The van der Waals surface area contributed by atoms with E-state index >= 15 is 0 Å². The summed E-state index contributed by atoms with van der Waals surface area (Å²) < 4.78 is 18.7. The van der Waals surface area contributed by atoms with Crippen LogP contribution in [-0.2, 0) is 11.4 Å². The van der Waals surface area contributed by atoms with E-state index in [0.717, 1.165) is 12.0 Å². The van der Waals surface area contributed by atoms with Gasteiger partial charge in [-0.3, -0.25) is 4.79 Å². The number of carbonyl (C=O) groups excluding carboxylic acids is 1. The van der Waals surface area contributed by atoms with Crippen molar-refractivity contribution in [2.75, 3.05) is 5.32 Å². The van der Waals surface area contributed by atoms with E-state index in [1.807, 2.05) is 32.0 Å². The third-order valence-corrected chi connectivity index (χ3v) is 3.96. The van der Waals surface area contributed by atoms with E-state index in [9.17, 15) is 9.18 Å². The number of hydrogen-bond acceptors (Lipinski definition) is 3. The Morgan fingerprint density at radius 3 is 2.71 bits per heavy atom. The van der Waals surface area contributed by atoms with E-state index in [0.29, 0.717) is 11.4 Å². The number of ether oxygens (including phenoxy) is 1. The number of nitrogens with one attached hydrogen (secondary N) is 1. The van der Waals surface area contributed by atoms with Gasteiger partial charge in [0.2, 0.25) is 5.91 Å². The fourth-order valence-corrected chi connectivity index (χ4v) is 2.20. The van der Waals surface area contributed by atoms with Gasteiger partial charge in [-0.15, -0.1) is 0 Å². The second-order valence-electron chi connectivity index (χ2n) is 5.85. The van der Waals surface area contributed by atoms with Crippen LogP contribution in [0.1, 0.15) is 25.8 Å². The van der Waals surface area contributed by atoms with Crippen LogP contribution in [0.4, 0.5) is 10.1 Å². The Kier molecular flexibility index (Phi) is 6.32. The summed E-state index contributed by atoms with van der Waals surface area (Å²) in [5, 5.41) is 2.83. The van der Waals surface area contributed by atoms with Crippen LogP contribution in [0.5, 0.6) is 5.75 Å². The van der Waals surface area contributed by atoms with Gasteiger partial charge >= 0.3 is 0 Å². The van der Waals surface area contributed by atoms with Gasteiger partial charge in [-0.25, -0.2) is 4.39 Å². The summed E-state index contributed by atoms with van der Waals surface area (Å²) >= 11 is 0. The summed E-state index contributed by atoms with van der Waals surface area (Å²) in [4.78, 5) is 12.1. The van der Waals surface area contributed by atoms with Gasteiger partial charge in [0, 0.05) is 11.8 Å². The highest BCUT2D eigenvalue weighted by atomic mass is 19.1. The molecule has 0 heterocycles. The summed E-state index contributed by atoms with van der Waals surface area (Å²) in [6.45, 7) is 4.24. The lowest BCUT2D eigenvalue weighted by molar-refractivity contribution is -0.118. The first kappa shape index (κ1) is 17.9. The van der Waals surface area contributed by atoms with Gasteiger partial charge in [0.25, 0.3) is 0 Å². The van der Waals surface area contributed by atoms with Crippen LogP contribution in [0.2, 0.25) is 0 Å². The number of carbonyl (C=O) groups is 1. The van der Waals surface area contributed by atoms with Crippen LogP contribution < -0.4 is 15.8 Å². The maximum absolute atomic E-state index is 13.1. The van der Waals surface area contributed by atoms with Crippen LogP contribution in [0.15, 0.2) is 48.5 Å². The van der Waals surface area contributed by atoms with Crippen molar-refractivity contribution < 1.29 is 13.9 Å². The van der Waals surface area contributed by atoms with E-state index < -0.39 is 6.04 Å². The number of rotatable bonds is 7. The van der Waals surface area contributed by atoms with E-state index in [4.69, 9.17) is 10.5 Å². The number of halogens is 1. The molecule has 2 atom stereocenters. The number of hydrogen-bond donors (Lipinski definition) is 2. The van der Waals surface area contributed by atoms with Gasteiger partial charge in [0.05, 0.1) is 6.04 Å². The van der Waals surface area contributed by atoms with Crippen LogP contribution in [0.25, 0.3) is 0 Å². The fourth-order valence-electron chi connectivity index (χ4n) is 2.20. The van der Waals surface area contributed by atoms with Crippen LogP contribution in [0, 0.1) is 11.7 Å². The molecule has 0 aliphatic rings. The van der Waals surface area contributed by atoms with Crippen molar-refractivity contribution in [2.45, 2.75) is 32.9 Å². The Hall–Kier alpha value is -2.40. The highest BCUT2D eigenvalue weighted by molar-refractivity contribution is 5.94. The summed E-state index contributed by atoms with van der Waals surface area (Å²) in [7, 11) is 0. The van der Waals surface area contributed by atoms with Crippen molar-refractivity contribution in [1.29, 1.82) is 0 Å². The predicted octanol–water partition coefficient (Wildman–Crippen LogP) is 3.72. The largest absolute Gasteiger partial charge is 0.489 e. The minimum absolute atomic E-state index is 0.115. The van der Waals surface area contributed by atoms with Crippen molar-refractivity contribution in [3.8, 4) is 5.75 Å². The smallest absolute Gasteiger partial charge is 0.241 e. The standard InChI is InChI=1S/C19H23FN2O2/c1-3-13(2)18(21)19(23)22-16-8-4-6-14(10-16)12-24-17-9-5-7-15(20)11-17/h4-11,13,18H,3,12,21H2,1-2H3,(H,22,23). The normalized spacial score (nSPS) is 13.2. The summed E-state index contributed by atoms with van der Waals surface area (Å²) in [6.07, 6.45) is 0.843. The predicted molar refractivity (Wildman–Crippen MR) is 93.2 cm³/mol. The van der Waals surface area contributed by atoms with E-state index in [1.165, 1.54) is 12.1 Å². The van der Waals surface area contributed by atoms with E-state index in [2.05, 4.69) is 5.32 Å².